The lowest BCUT2D eigenvalue weighted by Gasteiger charge is -2.26. The van der Waals surface area contributed by atoms with Crippen LogP contribution in [0.1, 0.15) is 0 Å². The van der Waals surface area contributed by atoms with E-state index in [-0.39, 0.29) is 0 Å². The van der Waals surface area contributed by atoms with E-state index < -0.39 is 0 Å². The molecule has 11 aromatic rings. The lowest BCUT2D eigenvalue weighted by Crippen LogP contribution is -2.09. The minimum atomic E-state index is 0.908. The van der Waals surface area contributed by atoms with E-state index in [2.05, 4.69) is 241 Å². The molecule has 1 heterocycles. The van der Waals surface area contributed by atoms with E-state index in [9.17, 15) is 0 Å². The van der Waals surface area contributed by atoms with Crippen molar-refractivity contribution in [3.63, 3.8) is 0 Å². The molecule has 1 aromatic heterocycles. The van der Waals surface area contributed by atoms with Crippen LogP contribution in [-0.4, -0.2) is 0 Å². The van der Waals surface area contributed by atoms with Crippen molar-refractivity contribution >= 4 is 39.0 Å². The molecule has 0 spiro atoms. The van der Waals surface area contributed by atoms with Crippen LogP contribution in [0.2, 0.25) is 0 Å². The monoisotopic (exact) mass is 791 g/mol. The number of furan rings is 1. The zero-order valence-electron chi connectivity index (χ0n) is 34.0. The molecule has 0 aliphatic carbocycles. The van der Waals surface area contributed by atoms with Crippen LogP contribution in [0.15, 0.2) is 253 Å². The predicted octanol–water partition coefficient (Wildman–Crippen LogP) is 17.1. The first-order valence-electron chi connectivity index (χ1n) is 21.2. The summed E-state index contributed by atoms with van der Waals surface area (Å²) < 4.78 is 6.41. The van der Waals surface area contributed by atoms with Crippen LogP contribution in [0.5, 0.6) is 0 Å². The van der Waals surface area contributed by atoms with Gasteiger partial charge >= 0.3 is 0 Å². The molecule has 0 unspecified atom stereocenters. The lowest BCUT2D eigenvalue weighted by molar-refractivity contribution is 0.670. The summed E-state index contributed by atoms with van der Waals surface area (Å²) in [6, 6.07) is 89.0. The maximum absolute atomic E-state index is 6.41. The highest BCUT2D eigenvalue weighted by atomic mass is 16.3. The van der Waals surface area contributed by atoms with Gasteiger partial charge in [-0.05, 0) is 116 Å². The van der Waals surface area contributed by atoms with Crippen molar-refractivity contribution in [2.75, 3.05) is 4.90 Å². The highest BCUT2D eigenvalue weighted by Crippen LogP contribution is 2.40. The van der Waals surface area contributed by atoms with E-state index in [1.165, 1.54) is 44.5 Å². The lowest BCUT2D eigenvalue weighted by atomic mass is 9.97. The third-order valence-electron chi connectivity index (χ3n) is 11.9. The van der Waals surface area contributed by atoms with Crippen molar-refractivity contribution in [3.05, 3.63) is 249 Å². The topological polar surface area (TPSA) is 16.4 Å². The first kappa shape index (κ1) is 36.8. The Morgan fingerprint density at radius 3 is 1.10 bits per heavy atom. The Morgan fingerprint density at radius 2 is 0.581 bits per heavy atom. The van der Waals surface area contributed by atoms with Gasteiger partial charge in [-0.2, -0.15) is 0 Å². The molecule has 11 rings (SSSR count). The Bertz CT molecular complexity index is 3290. The van der Waals surface area contributed by atoms with Gasteiger partial charge in [0.05, 0.1) is 0 Å². The molecule has 0 aliphatic heterocycles. The number of rotatable bonds is 9. The van der Waals surface area contributed by atoms with E-state index in [4.69, 9.17) is 4.42 Å². The maximum atomic E-state index is 6.41. The fraction of sp³-hybridized carbons (Fsp3) is 0. The largest absolute Gasteiger partial charge is 0.455 e. The minimum Gasteiger partial charge on any atom is -0.455 e. The number of benzene rings is 10. The van der Waals surface area contributed by atoms with E-state index in [1.807, 2.05) is 12.1 Å². The molecule has 0 amide bonds. The highest BCUT2D eigenvalue weighted by Gasteiger charge is 2.16. The van der Waals surface area contributed by atoms with Crippen molar-refractivity contribution in [2.24, 2.45) is 0 Å². The summed E-state index contributed by atoms with van der Waals surface area (Å²) in [5.74, 6) is 0. The Labute approximate surface area is 362 Å². The maximum Gasteiger partial charge on any atom is 0.143 e. The quantitative estimate of drug-likeness (QED) is 0.145. The second-order valence-corrected chi connectivity index (χ2v) is 15.7. The van der Waals surface area contributed by atoms with E-state index in [0.29, 0.717) is 0 Å². The van der Waals surface area contributed by atoms with Crippen LogP contribution in [0.3, 0.4) is 0 Å². The number of hydrogen-bond donors (Lipinski definition) is 0. The third kappa shape index (κ3) is 7.14. The van der Waals surface area contributed by atoms with Gasteiger partial charge in [0.25, 0.3) is 0 Å². The van der Waals surface area contributed by atoms with Gasteiger partial charge in [0, 0.05) is 33.4 Å². The zero-order valence-corrected chi connectivity index (χ0v) is 34.0. The number of anilines is 3. The number of fused-ring (bicyclic) bond motifs is 3. The van der Waals surface area contributed by atoms with Crippen LogP contribution < -0.4 is 4.90 Å². The van der Waals surface area contributed by atoms with Crippen molar-refractivity contribution in [3.8, 4) is 66.8 Å². The molecule has 0 saturated carbocycles. The summed E-state index contributed by atoms with van der Waals surface area (Å²) >= 11 is 0. The molecule has 0 bridgehead atoms. The molecule has 0 N–H and O–H groups in total. The molecule has 0 aliphatic rings. The van der Waals surface area contributed by atoms with Crippen molar-refractivity contribution in [1.29, 1.82) is 0 Å². The van der Waals surface area contributed by atoms with E-state index in [1.54, 1.807) is 0 Å². The smallest absolute Gasteiger partial charge is 0.143 e. The SMILES string of the molecule is c1ccc(-c2ccc(-c3ccc(N(c4ccc(-c5cccc(-c6ccccc6)c5)cc4)c4ccc(-c5cccc(-c6cccc7c6oc6ccccc67)c5)cc4)cc3)cc2)cc1. The highest BCUT2D eigenvalue weighted by molar-refractivity contribution is 6.09. The summed E-state index contributed by atoms with van der Waals surface area (Å²) in [6.45, 7) is 0. The van der Waals surface area contributed by atoms with Gasteiger partial charge < -0.3 is 9.32 Å². The van der Waals surface area contributed by atoms with Gasteiger partial charge in [0.1, 0.15) is 11.2 Å². The standard InChI is InChI=1S/C60H41NO/c1-3-12-42(13-4-1)44-24-26-45(27-25-44)46-28-34-53(35-29-46)61(54-36-30-47(31-37-54)50-17-9-16-49(40-50)43-14-5-2-6-15-43)55-38-32-48(33-39-55)51-18-10-19-52(41-51)56-21-11-22-58-57-20-7-8-23-59(57)62-60(56)58/h1-41H. The van der Waals surface area contributed by atoms with Crippen LogP contribution in [-0.2, 0) is 0 Å². The van der Waals surface area contributed by atoms with E-state index in [0.717, 1.165) is 61.3 Å². The second-order valence-electron chi connectivity index (χ2n) is 15.7. The normalized spacial score (nSPS) is 11.2. The minimum absolute atomic E-state index is 0.908. The van der Waals surface area contributed by atoms with Gasteiger partial charge in [0.2, 0.25) is 0 Å². The molecule has 0 atom stereocenters. The molecule has 62 heavy (non-hydrogen) atoms. The molecule has 0 radical (unpaired) electrons. The Kier molecular flexibility index (Phi) is 9.57. The van der Waals surface area contributed by atoms with Gasteiger partial charge in [-0.3, -0.25) is 0 Å². The first-order valence-corrected chi connectivity index (χ1v) is 21.2. The second kappa shape index (κ2) is 16.1. The van der Waals surface area contributed by atoms with Crippen LogP contribution >= 0.6 is 0 Å². The van der Waals surface area contributed by atoms with Crippen molar-refractivity contribution in [2.45, 2.75) is 0 Å². The number of nitrogens with zero attached hydrogens (tertiary/aromatic N) is 1. The summed E-state index contributed by atoms with van der Waals surface area (Å²) in [5, 5.41) is 2.27. The number of hydrogen-bond acceptors (Lipinski definition) is 2. The van der Waals surface area contributed by atoms with Gasteiger partial charge in [-0.15, -0.1) is 0 Å². The summed E-state index contributed by atoms with van der Waals surface area (Å²) in [6.07, 6.45) is 0. The molecule has 2 heteroatoms. The fourth-order valence-electron chi connectivity index (χ4n) is 8.69. The molecule has 10 aromatic carbocycles. The van der Waals surface area contributed by atoms with Crippen molar-refractivity contribution in [1.82, 2.24) is 0 Å². The zero-order chi connectivity index (χ0) is 41.2. The van der Waals surface area contributed by atoms with Gasteiger partial charge in [0.15, 0.2) is 0 Å². The molecule has 292 valence electrons. The van der Waals surface area contributed by atoms with Crippen LogP contribution in [0, 0.1) is 0 Å². The van der Waals surface area contributed by atoms with E-state index >= 15 is 0 Å². The van der Waals surface area contributed by atoms with Crippen LogP contribution in [0.4, 0.5) is 17.1 Å². The van der Waals surface area contributed by atoms with Crippen molar-refractivity contribution < 1.29 is 4.42 Å². The Morgan fingerprint density at radius 1 is 0.242 bits per heavy atom. The number of para-hydroxylation sites is 2. The van der Waals surface area contributed by atoms with Gasteiger partial charge in [-0.25, -0.2) is 0 Å². The van der Waals surface area contributed by atoms with Crippen LogP contribution in [0.25, 0.3) is 88.7 Å². The molecular formula is C60H41NO. The third-order valence-corrected chi connectivity index (χ3v) is 11.9. The molecule has 2 nitrogen and oxygen atoms in total. The summed E-state index contributed by atoms with van der Waals surface area (Å²) in [7, 11) is 0. The molecule has 0 saturated heterocycles. The molecular weight excluding hydrogens is 751 g/mol. The first-order chi connectivity index (χ1) is 30.7. The predicted molar refractivity (Wildman–Crippen MR) is 261 cm³/mol. The summed E-state index contributed by atoms with van der Waals surface area (Å²) in [4.78, 5) is 2.34. The van der Waals surface area contributed by atoms with Gasteiger partial charge in [-0.1, -0.05) is 194 Å². The average molecular weight is 792 g/mol. The average Bonchev–Trinajstić information content (AvgIpc) is 3.75. The molecule has 0 fully saturated rings. The summed E-state index contributed by atoms with van der Waals surface area (Å²) in [5.41, 5.74) is 19.2. The Balaban J connectivity index is 0.929. The Hall–Kier alpha value is -8.20. The fourth-order valence-corrected chi connectivity index (χ4v) is 8.69.